The van der Waals surface area contributed by atoms with Gasteiger partial charge in [-0.15, -0.1) is 0 Å². The Bertz CT molecular complexity index is 479. The SMILES string of the molecule is CC(C)c1ccc2c(c1)CCC21CCN(C(C)C)CC1. The van der Waals surface area contributed by atoms with Gasteiger partial charge in [-0.3, -0.25) is 0 Å². The Balaban J connectivity index is 1.83. The first-order chi connectivity index (χ1) is 9.52. The third-order valence-corrected chi connectivity index (χ3v) is 5.73. The van der Waals surface area contributed by atoms with E-state index in [4.69, 9.17) is 0 Å². The van der Waals surface area contributed by atoms with Gasteiger partial charge in [0.2, 0.25) is 0 Å². The van der Waals surface area contributed by atoms with E-state index >= 15 is 0 Å². The molecule has 0 aromatic heterocycles. The molecule has 1 heterocycles. The zero-order valence-electron chi connectivity index (χ0n) is 13.6. The molecule has 1 fully saturated rings. The Morgan fingerprint density at radius 1 is 1.00 bits per heavy atom. The molecule has 1 spiro atoms. The predicted octanol–water partition coefficient (Wildman–Crippen LogP) is 4.50. The van der Waals surface area contributed by atoms with Crippen LogP contribution >= 0.6 is 0 Å². The van der Waals surface area contributed by atoms with Crippen LogP contribution in [0, 0.1) is 0 Å². The maximum Gasteiger partial charge on any atom is 0.00386 e. The van der Waals surface area contributed by atoms with Crippen LogP contribution in [-0.4, -0.2) is 24.0 Å². The minimum absolute atomic E-state index is 0.510. The number of aryl methyl sites for hydroxylation is 1. The Labute approximate surface area is 124 Å². The molecule has 0 unspecified atom stereocenters. The lowest BCUT2D eigenvalue weighted by molar-refractivity contribution is 0.129. The maximum atomic E-state index is 2.64. The summed E-state index contributed by atoms with van der Waals surface area (Å²) in [5.41, 5.74) is 5.36. The van der Waals surface area contributed by atoms with Crippen molar-refractivity contribution >= 4 is 0 Å². The number of likely N-dealkylation sites (tertiary alicyclic amines) is 1. The van der Waals surface area contributed by atoms with Crippen molar-refractivity contribution in [1.29, 1.82) is 0 Å². The molecule has 0 N–H and O–H groups in total. The number of nitrogens with zero attached hydrogens (tertiary/aromatic N) is 1. The number of fused-ring (bicyclic) bond motifs is 2. The van der Waals surface area contributed by atoms with Crippen molar-refractivity contribution in [1.82, 2.24) is 4.90 Å². The van der Waals surface area contributed by atoms with Crippen LogP contribution in [0.15, 0.2) is 18.2 Å². The van der Waals surface area contributed by atoms with Gasteiger partial charge in [-0.2, -0.15) is 0 Å². The van der Waals surface area contributed by atoms with Gasteiger partial charge < -0.3 is 4.90 Å². The molecule has 0 amide bonds. The molecule has 0 saturated carbocycles. The van der Waals surface area contributed by atoms with Crippen molar-refractivity contribution in [3.63, 3.8) is 0 Å². The van der Waals surface area contributed by atoms with Gasteiger partial charge in [0, 0.05) is 6.04 Å². The van der Waals surface area contributed by atoms with E-state index in [1.165, 1.54) is 44.3 Å². The first kappa shape index (κ1) is 14.1. The van der Waals surface area contributed by atoms with Gasteiger partial charge in [0.1, 0.15) is 0 Å². The van der Waals surface area contributed by atoms with Gasteiger partial charge in [0.05, 0.1) is 0 Å². The quantitative estimate of drug-likeness (QED) is 0.765. The van der Waals surface area contributed by atoms with Crippen LogP contribution in [0.4, 0.5) is 0 Å². The summed E-state index contributed by atoms with van der Waals surface area (Å²) < 4.78 is 0. The molecule has 1 saturated heterocycles. The standard InChI is InChI=1S/C19H29N/c1-14(2)16-5-6-18-17(13-16)7-8-19(18)9-11-20(12-10-19)15(3)4/h5-6,13-15H,7-12H2,1-4H3. The highest BCUT2D eigenvalue weighted by Gasteiger charge is 2.41. The zero-order valence-corrected chi connectivity index (χ0v) is 13.6. The lowest BCUT2D eigenvalue weighted by Crippen LogP contribution is -2.44. The first-order valence-electron chi connectivity index (χ1n) is 8.39. The second-order valence-electron chi connectivity index (χ2n) is 7.48. The number of hydrogen-bond donors (Lipinski definition) is 0. The lowest BCUT2D eigenvalue weighted by atomic mass is 9.73. The highest BCUT2D eigenvalue weighted by Crippen LogP contribution is 2.47. The molecule has 3 rings (SSSR count). The van der Waals surface area contributed by atoms with E-state index in [1.807, 2.05) is 0 Å². The Morgan fingerprint density at radius 3 is 2.30 bits per heavy atom. The van der Waals surface area contributed by atoms with E-state index in [-0.39, 0.29) is 0 Å². The second kappa shape index (κ2) is 5.18. The largest absolute Gasteiger partial charge is 0.301 e. The highest BCUT2D eigenvalue weighted by atomic mass is 15.2. The molecule has 110 valence electrons. The summed E-state index contributed by atoms with van der Waals surface area (Å²) in [7, 11) is 0. The second-order valence-corrected chi connectivity index (χ2v) is 7.48. The van der Waals surface area contributed by atoms with Gasteiger partial charge in [0.15, 0.2) is 0 Å². The smallest absolute Gasteiger partial charge is 0.00386 e. The molecule has 0 radical (unpaired) electrons. The summed E-state index contributed by atoms with van der Waals surface area (Å²) >= 11 is 0. The van der Waals surface area contributed by atoms with Gasteiger partial charge >= 0.3 is 0 Å². The summed E-state index contributed by atoms with van der Waals surface area (Å²) in [6.07, 6.45) is 5.41. The zero-order chi connectivity index (χ0) is 14.3. The van der Waals surface area contributed by atoms with Gasteiger partial charge in [-0.25, -0.2) is 0 Å². The van der Waals surface area contributed by atoms with Crippen LogP contribution in [0.25, 0.3) is 0 Å². The van der Waals surface area contributed by atoms with Crippen molar-refractivity contribution < 1.29 is 0 Å². The Hall–Kier alpha value is -0.820. The number of piperidine rings is 1. The van der Waals surface area contributed by atoms with Gasteiger partial charge in [-0.05, 0) is 80.6 Å². The fourth-order valence-corrected chi connectivity index (χ4v) is 4.19. The highest BCUT2D eigenvalue weighted by molar-refractivity contribution is 5.43. The number of rotatable bonds is 2. The fourth-order valence-electron chi connectivity index (χ4n) is 4.19. The number of hydrogen-bond acceptors (Lipinski definition) is 1. The maximum absolute atomic E-state index is 2.64. The third-order valence-electron chi connectivity index (χ3n) is 5.73. The molecular formula is C19H29N. The molecule has 1 aliphatic heterocycles. The lowest BCUT2D eigenvalue weighted by Gasteiger charge is -2.42. The van der Waals surface area contributed by atoms with Crippen molar-refractivity contribution in [3.05, 3.63) is 34.9 Å². The monoisotopic (exact) mass is 271 g/mol. The summed E-state index contributed by atoms with van der Waals surface area (Å²) in [6, 6.07) is 8.04. The summed E-state index contributed by atoms with van der Waals surface area (Å²) in [6.45, 7) is 11.8. The van der Waals surface area contributed by atoms with Crippen LogP contribution in [0.5, 0.6) is 0 Å². The van der Waals surface area contributed by atoms with Gasteiger partial charge in [0.25, 0.3) is 0 Å². The van der Waals surface area contributed by atoms with Crippen molar-refractivity contribution in [3.8, 4) is 0 Å². The molecule has 1 aliphatic carbocycles. The van der Waals surface area contributed by atoms with E-state index in [9.17, 15) is 0 Å². The van der Waals surface area contributed by atoms with E-state index in [1.54, 1.807) is 11.1 Å². The van der Waals surface area contributed by atoms with E-state index in [2.05, 4.69) is 50.8 Å². The average molecular weight is 271 g/mol. The van der Waals surface area contributed by atoms with E-state index < -0.39 is 0 Å². The molecule has 0 atom stereocenters. The molecule has 0 bridgehead atoms. The van der Waals surface area contributed by atoms with E-state index in [0.717, 1.165) is 0 Å². The van der Waals surface area contributed by atoms with Crippen LogP contribution in [0.1, 0.15) is 69.6 Å². The van der Waals surface area contributed by atoms with E-state index in [0.29, 0.717) is 17.4 Å². The third kappa shape index (κ3) is 2.30. The first-order valence-corrected chi connectivity index (χ1v) is 8.39. The van der Waals surface area contributed by atoms with Crippen LogP contribution in [0.3, 0.4) is 0 Å². The molecular weight excluding hydrogens is 242 g/mol. The van der Waals surface area contributed by atoms with Gasteiger partial charge in [-0.1, -0.05) is 32.0 Å². The summed E-state index contributed by atoms with van der Waals surface area (Å²) in [5, 5.41) is 0. The fraction of sp³-hybridized carbons (Fsp3) is 0.684. The molecule has 20 heavy (non-hydrogen) atoms. The molecule has 2 aliphatic rings. The van der Waals surface area contributed by atoms with Crippen molar-refractivity contribution in [2.75, 3.05) is 13.1 Å². The molecule has 1 heteroatoms. The number of benzene rings is 1. The molecule has 1 aromatic rings. The predicted molar refractivity (Wildman–Crippen MR) is 86.5 cm³/mol. The average Bonchev–Trinajstić information content (AvgIpc) is 2.78. The Morgan fingerprint density at radius 2 is 1.70 bits per heavy atom. The Kier molecular flexibility index (Phi) is 3.66. The normalized spacial score (nSPS) is 21.9. The van der Waals surface area contributed by atoms with Crippen LogP contribution in [-0.2, 0) is 11.8 Å². The molecule has 1 aromatic carbocycles. The van der Waals surface area contributed by atoms with Crippen LogP contribution in [0.2, 0.25) is 0 Å². The van der Waals surface area contributed by atoms with Crippen molar-refractivity contribution in [2.45, 2.75) is 70.8 Å². The summed E-state index contributed by atoms with van der Waals surface area (Å²) in [4.78, 5) is 2.64. The minimum atomic E-state index is 0.510. The summed E-state index contributed by atoms with van der Waals surface area (Å²) in [5.74, 6) is 0.652. The topological polar surface area (TPSA) is 3.24 Å². The van der Waals surface area contributed by atoms with Crippen LogP contribution < -0.4 is 0 Å². The minimum Gasteiger partial charge on any atom is -0.301 e. The molecule has 1 nitrogen and oxygen atoms in total. The van der Waals surface area contributed by atoms with Crippen molar-refractivity contribution in [2.24, 2.45) is 0 Å².